The first kappa shape index (κ1) is 34.4. The van der Waals surface area contributed by atoms with E-state index in [9.17, 15) is 0 Å². The molecule has 2 aliphatic heterocycles. The van der Waals surface area contributed by atoms with E-state index in [2.05, 4.69) is 69.2 Å². The van der Waals surface area contributed by atoms with Crippen LogP contribution in [0.15, 0.2) is 0 Å². The summed E-state index contributed by atoms with van der Waals surface area (Å²) in [6, 6.07) is 0. The van der Waals surface area contributed by atoms with Gasteiger partial charge in [0.15, 0.2) is 0 Å². The maximum Gasteiger partial charge on any atom is 0.126 e. The fraction of sp³-hybridized carbons (Fsp3) is 0.667. The average molecular weight is 611 g/mol. The molecule has 0 bridgehead atoms. The SMILES string of the molecule is Cc1c(C)c(N(CCCN)OCCON(CCCN)c2c(C)c(C)c3c(c2C)CCC(C)(C)O3)c(C)c2c1OC(C)(C)CC2. The van der Waals surface area contributed by atoms with Crippen LogP contribution in [0.3, 0.4) is 0 Å². The van der Waals surface area contributed by atoms with Gasteiger partial charge >= 0.3 is 0 Å². The highest BCUT2D eigenvalue weighted by atomic mass is 16.7. The number of fused-ring (bicyclic) bond motifs is 2. The number of hydroxylamine groups is 2. The molecule has 0 saturated carbocycles. The molecule has 44 heavy (non-hydrogen) atoms. The Hall–Kier alpha value is -2.52. The van der Waals surface area contributed by atoms with Gasteiger partial charge in [-0.3, -0.25) is 19.8 Å². The zero-order chi connectivity index (χ0) is 32.4. The van der Waals surface area contributed by atoms with Crippen molar-refractivity contribution in [3.05, 3.63) is 44.5 Å². The Morgan fingerprint density at radius 3 is 1.30 bits per heavy atom. The lowest BCUT2D eigenvalue weighted by molar-refractivity contribution is 0.0240. The molecule has 0 saturated heterocycles. The zero-order valence-electron chi connectivity index (χ0n) is 29.2. The molecule has 0 fully saturated rings. The fourth-order valence-corrected chi connectivity index (χ4v) is 6.72. The monoisotopic (exact) mass is 610 g/mol. The number of nitrogens with zero attached hydrogens (tertiary/aromatic N) is 2. The van der Waals surface area contributed by atoms with Crippen LogP contribution in [0.25, 0.3) is 0 Å². The van der Waals surface area contributed by atoms with E-state index in [1.54, 1.807) is 0 Å². The van der Waals surface area contributed by atoms with Gasteiger partial charge in [-0.2, -0.15) is 0 Å². The minimum Gasteiger partial charge on any atom is -0.487 e. The summed E-state index contributed by atoms with van der Waals surface area (Å²) in [7, 11) is 0. The Bertz CT molecular complexity index is 1240. The van der Waals surface area contributed by atoms with E-state index in [-0.39, 0.29) is 11.2 Å². The fourth-order valence-electron chi connectivity index (χ4n) is 6.72. The maximum absolute atomic E-state index is 6.51. The molecule has 8 heteroatoms. The van der Waals surface area contributed by atoms with Gasteiger partial charge < -0.3 is 20.9 Å². The summed E-state index contributed by atoms with van der Waals surface area (Å²) >= 11 is 0. The van der Waals surface area contributed by atoms with Gasteiger partial charge in [0, 0.05) is 13.1 Å². The highest BCUT2D eigenvalue weighted by molar-refractivity contribution is 5.69. The number of ether oxygens (including phenoxy) is 2. The summed E-state index contributed by atoms with van der Waals surface area (Å²) in [4.78, 5) is 13.0. The number of anilines is 2. The Labute approximate surface area is 266 Å². The summed E-state index contributed by atoms with van der Waals surface area (Å²) in [6.45, 7) is 25.2. The van der Waals surface area contributed by atoms with Crippen LogP contribution in [0.1, 0.15) is 97.9 Å². The largest absolute Gasteiger partial charge is 0.487 e. The molecule has 0 atom stereocenters. The highest BCUT2D eigenvalue weighted by Crippen LogP contribution is 2.45. The summed E-state index contributed by atoms with van der Waals surface area (Å²) in [5.41, 5.74) is 23.6. The predicted molar refractivity (Wildman–Crippen MR) is 181 cm³/mol. The van der Waals surface area contributed by atoms with Gasteiger partial charge in [-0.25, -0.2) is 0 Å². The van der Waals surface area contributed by atoms with E-state index >= 15 is 0 Å². The topological polar surface area (TPSA) is 95.4 Å². The average Bonchev–Trinajstić information content (AvgIpc) is 2.96. The van der Waals surface area contributed by atoms with E-state index in [0.717, 1.165) is 61.4 Å². The normalized spacial score (nSPS) is 16.5. The Kier molecular flexibility index (Phi) is 10.8. The highest BCUT2D eigenvalue weighted by Gasteiger charge is 2.33. The number of nitrogens with two attached hydrogens (primary N) is 2. The lowest BCUT2D eigenvalue weighted by atomic mass is 9.87. The van der Waals surface area contributed by atoms with Gasteiger partial charge in [-0.15, -0.1) is 0 Å². The van der Waals surface area contributed by atoms with E-state index in [1.165, 1.54) is 44.5 Å². The molecule has 2 heterocycles. The van der Waals surface area contributed by atoms with Crippen molar-refractivity contribution in [2.24, 2.45) is 11.5 Å². The number of hydrogen-bond donors (Lipinski definition) is 2. The van der Waals surface area contributed by atoms with Crippen molar-refractivity contribution < 1.29 is 19.1 Å². The summed E-state index contributed by atoms with van der Waals surface area (Å²) < 4.78 is 13.0. The van der Waals surface area contributed by atoms with E-state index < -0.39 is 0 Å². The minimum absolute atomic E-state index is 0.155. The van der Waals surface area contributed by atoms with Crippen LogP contribution in [0, 0.1) is 41.5 Å². The quantitative estimate of drug-likeness (QED) is 0.193. The second-order valence-electron chi connectivity index (χ2n) is 13.9. The van der Waals surface area contributed by atoms with Crippen LogP contribution in [0.4, 0.5) is 11.4 Å². The summed E-state index contributed by atoms with van der Waals surface area (Å²) in [5, 5.41) is 4.08. The molecule has 8 nitrogen and oxygen atoms in total. The lowest BCUT2D eigenvalue weighted by Crippen LogP contribution is -2.36. The van der Waals surface area contributed by atoms with Crippen LogP contribution in [0.5, 0.6) is 11.5 Å². The summed E-state index contributed by atoms with van der Waals surface area (Å²) in [6.07, 6.45) is 5.62. The minimum atomic E-state index is -0.155. The Morgan fingerprint density at radius 1 is 0.591 bits per heavy atom. The molecule has 4 N–H and O–H groups in total. The second kappa shape index (κ2) is 13.9. The van der Waals surface area contributed by atoms with Crippen LogP contribution < -0.4 is 31.1 Å². The van der Waals surface area contributed by atoms with Gasteiger partial charge in [-0.1, -0.05) is 0 Å². The van der Waals surface area contributed by atoms with Crippen molar-refractivity contribution in [3.63, 3.8) is 0 Å². The molecular weight excluding hydrogens is 552 g/mol. The van der Waals surface area contributed by atoms with Crippen molar-refractivity contribution in [1.82, 2.24) is 0 Å². The molecule has 2 aromatic rings. The first-order chi connectivity index (χ1) is 20.7. The van der Waals surface area contributed by atoms with Gasteiger partial charge in [0.25, 0.3) is 0 Å². The van der Waals surface area contributed by atoms with Crippen LogP contribution >= 0.6 is 0 Å². The maximum atomic E-state index is 6.51. The van der Waals surface area contributed by atoms with Crippen molar-refractivity contribution in [2.75, 3.05) is 49.5 Å². The molecule has 0 unspecified atom stereocenters. The van der Waals surface area contributed by atoms with E-state index in [0.29, 0.717) is 39.4 Å². The van der Waals surface area contributed by atoms with Crippen LogP contribution in [0.2, 0.25) is 0 Å². The van der Waals surface area contributed by atoms with Gasteiger partial charge in [0.2, 0.25) is 0 Å². The third-order valence-electron chi connectivity index (χ3n) is 9.60. The van der Waals surface area contributed by atoms with Crippen LogP contribution in [-0.2, 0) is 22.5 Å². The van der Waals surface area contributed by atoms with Crippen molar-refractivity contribution in [2.45, 2.75) is 119 Å². The molecule has 246 valence electrons. The smallest absolute Gasteiger partial charge is 0.126 e. The molecule has 0 spiro atoms. The van der Waals surface area contributed by atoms with E-state index in [4.69, 9.17) is 30.6 Å². The molecule has 0 amide bonds. The number of hydrogen-bond acceptors (Lipinski definition) is 8. The van der Waals surface area contributed by atoms with Gasteiger partial charge in [0.1, 0.15) is 35.9 Å². The standard InChI is InChI=1S/C36H58N4O4/c1-23-25(3)33-29(13-15-35(7,8)43-33)27(5)31(23)39(19-11-17-37)41-21-22-42-40(20-12-18-38)32-24(2)26(4)34-30(28(32)6)14-16-36(9,10)44-34/h11-22,37-38H2,1-10H3. The van der Waals surface area contributed by atoms with Crippen molar-refractivity contribution in [1.29, 1.82) is 0 Å². The van der Waals surface area contributed by atoms with Crippen molar-refractivity contribution >= 4 is 11.4 Å². The van der Waals surface area contributed by atoms with Crippen molar-refractivity contribution in [3.8, 4) is 11.5 Å². The Morgan fingerprint density at radius 2 is 0.955 bits per heavy atom. The Balaban J connectivity index is 1.55. The number of rotatable bonds is 13. The molecule has 4 rings (SSSR count). The van der Waals surface area contributed by atoms with Gasteiger partial charge in [-0.05, 0) is 165 Å². The molecule has 0 aliphatic carbocycles. The van der Waals surface area contributed by atoms with Crippen LogP contribution in [-0.4, -0.2) is 50.6 Å². The molecule has 2 aromatic carbocycles. The molecular formula is C36H58N4O4. The first-order valence-corrected chi connectivity index (χ1v) is 16.6. The molecule has 0 radical (unpaired) electrons. The van der Waals surface area contributed by atoms with Gasteiger partial charge in [0.05, 0.1) is 11.4 Å². The predicted octanol–water partition coefficient (Wildman–Crippen LogP) is 6.62. The third kappa shape index (κ3) is 7.14. The molecule has 2 aliphatic rings. The summed E-state index contributed by atoms with van der Waals surface area (Å²) in [5.74, 6) is 2.08. The molecule has 0 aromatic heterocycles. The zero-order valence-corrected chi connectivity index (χ0v) is 29.2. The second-order valence-corrected chi connectivity index (χ2v) is 13.9. The lowest BCUT2D eigenvalue weighted by Gasteiger charge is -2.38. The number of benzene rings is 2. The van der Waals surface area contributed by atoms with E-state index in [1.807, 2.05) is 10.1 Å². The first-order valence-electron chi connectivity index (χ1n) is 16.6. The third-order valence-corrected chi connectivity index (χ3v) is 9.60.